The van der Waals surface area contributed by atoms with E-state index in [-0.39, 0.29) is 5.82 Å². The highest BCUT2D eigenvalue weighted by atomic mass is 79.9. The van der Waals surface area contributed by atoms with Crippen LogP contribution in [0.1, 0.15) is 11.4 Å². The van der Waals surface area contributed by atoms with Gasteiger partial charge in [-0.2, -0.15) is 0 Å². The molecule has 0 aliphatic carbocycles. The minimum atomic E-state index is -0.297. The van der Waals surface area contributed by atoms with E-state index in [1.807, 2.05) is 24.3 Å². The Hall–Kier alpha value is -1.39. The summed E-state index contributed by atoms with van der Waals surface area (Å²) in [7, 11) is 0. The lowest BCUT2D eigenvalue weighted by Gasteiger charge is -1.97. The van der Waals surface area contributed by atoms with Gasteiger partial charge in [-0.25, -0.2) is 9.37 Å². The van der Waals surface area contributed by atoms with Crippen molar-refractivity contribution in [1.29, 1.82) is 0 Å². The summed E-state index contributed by atoms with van der Waals surface area (Å²) in [6.45, 7) is 0. The molecule has 0 saturated heterocycles. The van der Waals surface area contributed by atoms with E-state index >= 15 is 0 Å². The molecule has 5 heteroatoms. The number of halogens is 3. The lowest BCUT2D eigenvalue weighted by Crippen LogP contribution is -1.89. The Morgan fingerprint density at radius 1 is 1.21 bits per heavy atom. The highest BCUT2D eigenvalue weighted by molar-refractivity contribution is 9.10. The van der Waals surface area contributed by atoms with Gasteiger partial charge in [0.15, 0.2) is 0 Å². The number of hydrogen-bond acceptors (Lipinski definition) is 1. The normalized spacial score (nSPS) is 11.1. The zero-order chi connectivity index (χ0) is 13.4. The monoisotopic (exact) mass is 338 g/mol. The number of nitrogens with zero attached hydrogens (tertiary/aromatic N) is 1. The summed E-state index contributed by atoms with van der Waals surface area (Å²) in [6.07, 6.45) is 0.658. The molecule has 0 spiro atoms. The van der Waals surface area contributed by atoms with Crippen LogP contribution in [-0.2, 0) is 6.42 Å². The van der Waals surface area contributed by atoms with Gasteiger partial charge in [-0.1, -0.05) is 23.7 Å². The predicted octanol–water partition coefficient (Wildman–Crippen LogP) is 4.71. The van der Waals surface area contributed by atoms with Crippen molar-refractivity contribution in [2.45, 2.75) is 6.42 Å². The number of benzene rings is 2. The van der Waals surface area contributed by atoms with Gasteiger partial charge in [0.2, 0.25) is 0 Å². The fraction of sp³-hybridized carbons (Fsp3) is 0.0714. The minimum absolute atomic E-state index is 0.297. The Morgan fingerprint density at radius 2 is 1.95 bits per heavy atom. The van der Waals surface area contributed by atoms with E-state index in [9.17, 15) is 4.39 Å². The average molecular weight is 340 g/mol. The van der Waals surface area contributed by atoms with E-state index in [2.05, 4.69) is 25.9 Å². The molecule has 0 bridgehead atoms. The molecular weight excluding hydrogens is 331 g/mol. The van der Waals surface area contributed by atoms with E-state index in [0.717, 1.165) is 16.9 Å². The standard InChI is InChI=1S/C14H9BrClFN2/c15-10-6-12-13(7-11(10)17)19-14(18-12)5-8-1-3-9(16)4-2-8/h1-4,6-7H,5H2,(H,18,19). The smallest absolute Gasteiger partial charge is 0.139 e. The maximum absolute atomic E-state index is 13.4. The van der Waals surface area contributed by atoms with E-state index in [1.165, 1.54) is 6.07 Å². The first-order valence-corrected chi connectivity index (χ1v) is 6.87. The second-order valence-corrected chi connectivity index (χ2v) is 5.56. The molecule has 0 unspecified atom stereocenters. The van der Waals surface area contributed by atoms with Crippen molar-refractivity contribution >= 4 is 38.6 Å². The molecule has 1 N–H and O–H groups in total. The zero-order valence-electron chi connectivity index (χ0n) is 9.75. The third-order valence-electron chi connectivity index (χ3n) is 2.86. The third kappa shape index (κ3) is 2.65. The third-order valence-corrected chi connectivity index (χ3v) is 3.72. The SMILES string of the molecule is Fc1cc2[nH]c(Cc3ccc(Cl)cc3)nc2cc1Br. The highest BCUT2D eigenvalue weighted by Crippen LogP contribution is 2.22. The van der Waals surface area contributed by atoms with Crippen molar-refractivity contribution < 1.29 is 4.39 Å². The topological polar surface area (TPSA) is 28.7 Å². The molecule has 0 aliphatic heterocycles. The summed E-state index contributed by atoms with van der Waals surface area (Å²) in [4.78, 5) is 7.57. The fourth-order valence-electron chi connectivity index (χ4n) is 1.94. The van der Waals surface area contributed by atoms with Crippen molar-refractivity contribution in [1.82, 2.24) is 9.97 Å². The van der Waals surface area contributed by atoms with Crippen LogP contribution in [0.5, 0.6) is 0 Å². The van der Waals surface area contributed by atoms with Crippen LogP contribution in [0.15, 0.2) is 40.9 Å². The van der Waals surface area contributed by atoms with Crippen LogP contribution in [0.25, 0.3) is 11.0 Å². The van der Waals surface area contributed by atoms with Crippen LogP contribution >= 0.6 is 27.5 Å². The summed E-state index contributed by atoms with van der Waals surface area (Å²) < 4.78 is 13.8. The Kier molecular flexibility index (Phi) is 3.29. The molecule has 1 heterocycles. The number of hydrogen-bond donors (Lipinski definition) is 1. The van der Waals surface area contributed by atoms with Gasteiger partial charge in [-0.15, -0.1) is 0 Å². The van der Waals surface area contributed by atoms with Gasteiger partial charge in [0.25, 0.3) is 0 Å². The molecule has 0 amide bonds. The highest BCUT2D eigenvalue weighted by Gasteiger charge is 2.07. The second kappa shape index (κ2) is 4.94. The van der Waals surface area contributed by atoms with Gasteiger partial charge in [-0.05, 0) is 39.7 Å². The first-order chi connectivity index (χ1) is 9.11. The molecular formula is C14H9BrClFN2. The Balaban J connectivity index is 1.95. The van der Waals surface area contributed by atoms with Gasteiger partial charge >= 0.3 is 0 Å². The number of nitrogens with one attached hydrogen (secondary N) is 1. The van der Waals surface area contributed by atoms with Crippen molar-refractivity contribution in [3.05, 3.63) is 63.1 Å². The van der Waals surface area contributed by atoms with Gasteiger partial charge in [0.1, 0.15) is 11.6 Å². The minimum Gasteiger partial charge on any atom is -0.342 e. The first kappa shape index (κ1) is 12.6. The molecule has 0 fully saturated rings. The van der Waals surface area contributed by atoms with Crippen LogP contribution in [0.4, 0.5) is 4.39 Å². The van der Waals surface area contributed by atoms with Crippen LogP contribution < -0.4 is 0 Å². The van der Waals surface area contributed by atoms with E-state index < -0.39 is 0 Å². The lowest BCUT2D eigenvalue weighted by molar-refractivity contribution is 0.623. The van der Waals surface area contributed by atoms with Crippen molar-refractivity contribution in [3.63, 3.8) is 0 Å². The summed E-state index contributed by atoms with van der Waals surface area (Å²) in [5, 5.41) is 0.708. The van der Waals surface area contributed by atoms with Crippen LogP contribution in [0, 0.1) is 5.82 Å². The number of fused-ring (bicyclic) bond motifs is 1. The molecule has 2 aromatic carbocycles. The number of aromatic nitrogens is 2. The van der Waals surface area contributed by atoms with Crippen molar-refractivity contribution in [2.24, 2.45) is 0 Å². The maximum atomic E-state index is 13.4. The molecule has 0 atom stereocenters. The van der Waals surface area contributed by atoms with Crippen LogP contribution in [0.2, 0.25) is 5.02 Å². The summed E-state index contributed by atoms with van der Waals surface area (Å²) in [5.41, 5.74) is 2.55. The van der Waals surface area contributed by atoms with Crippen molar-refractivity contribution in [2.75, 3.05) is 0 Å². The Bertz CT molecular complexity index is 698. The molecule has 2 nitrogen and oxygen atoms in total. The maximum Gasteiger partial charge on any atom is 0.139 e. The number of imidazole rings is 1. The second-order valence-electron chi connectivity index (χ2n) is 4.27. The lowest BCUT2D eigenvalue weighted by atomic mass is 10.1. The molecule has 0 radical (unpaired) electrons. The van der Waals surface area contributed by atoms with Gasteiger partial charge in [0, 0.05) is 17.5 Å². The first-order valence-electron chi connectivity index (χ1n) is 5.70. The molecule has 96 valence electrons. The summed E-state index contributed by atoms with van der Waals surface area (Å²) in [5.74, 6) is 0.504. The average Bonchev–Trinajstić information content (AvgIpc) is 2.74. The van der Waals surface area contributed by atoms with Crippen LogP contribution in [0.3, 0.4) is 0 Å². The predicted molar refractivity (Wildman–Crippen MR) is 78.0 cm³/mol. The largest absolute Gasteiger partial charge is 0.342 e. The van der Waals surface area contributed by atoms with Gasteiger partial charge < -0.3 is 4.98 Å². The van der Waals surface area contributed by atoms with Crippen molar-refractivity contribution in [3.8, 4) is 0 Å². The number of rotatable bonds is 2. The van der Waals surface area contributed by atoms with Gasteiger partial charge in [0.05, 0.1) is 15.5 Å². The summed E-state index contributed by atoms with van der Waals surface area (Å²) in [6, 6.07) is 10.7. The van der Waals surface area contributed by atoms with E-state index in [4.69, 9.17) is 11.6 Å². The van der Waals surface area contributed by atoms with E-state index in [1.54, 1.807) is 6.07 Å². The quantitative estimate of drug-likeness (QED) is 0.720. The zero-order valence-corrected chi connectivity index (χ0v) is 12.1. The number of H-pyrrole nitrogens is 1. The number of aromatic amines is 1. The summed E-state index contributed by atoms with van der Waals surface area (Å²) >= 11 is 9.00. The van der Waals surface area contributed by atoms with E-state index in [0.29, 0.717) is 21.4 Å². The Labute approximate surface area is 122 Å². The van der Waals surface area contributed by atoms with Gasteiger partial charge in [-0.3, -0.25) is 0 Å². The molecule has 0 saturated carbocycles. The molecule has 3 aromatic rings. The molecule has 19 heavy (non-hydrogen) atoms. The molecule has 1 aromatic heterocycles. The molecule has 0 aliphatic rings. The molecule has 3 rings (SSSR count). The Morgan fingerprint density at radius 3 is 2.68 bits per heavy atom. The van der Waals surface area contributed by atoms with Crippen LogP contribution in [-0.4, -0.2) is 9.97 Å². The fourth-order valence-corrected chi connectivity index (χ4v) is 2.39.